The lowest BCUT2D eigenvalue weighted by molar-refractivity contribution is 0.580. The summed E-state index contributed by atoms with van der Waals surface area (Å²) in [7, 11) is 0. The van der Waals surface area contributed by atoms with E-state index in [1.165, 1.54) is 0 Å². The Morgan fingerprint density at radius 2 is 2.05 bits per heavy atom. The largest absolute Gasteiger partial charge is 0.463 e. The molecule has 4 rings (SSSR count). The van der Waals surface area contributed by atoms with Gasteiger partial charge in [-0.2, -0.15) is 0 Å². The van der Waals surface area contributed by atoms with Crippen LogP contribution in [0.15, 0.2) is 71.8 Å². The molecule has 0 N–H and O–H groups in total. The van der Waals surface area contributed by atoms with Crippen molar-refractivity contribution >= 4 is 16.5 Å². The molecule has 0 unspecified atom stereocenters. The highest BCUT2D eigenvalue weighted by atomic mass is 32.1. The molecule has 4 nitrogen and oxygen atoms in total. The minimum absolute atomic E-state index is 0.783. The molecule has 0 aromatic carbocycles. The Kier molecular flexibility index (Phi) is 3.33. The molecule has 22 heavy (non-hydrogen) atoms. The number of furan rings is 1. The van der Waals surface area contributed by atoms with Crippen LogP contribution >= 0.6 is 11.3 Å². The molecule has 0 saturated carbocycles. The minimum atomic E-state index is 0.783. The van der Waals surface area contributed by atoms with E-state index in [0.717, 1.165) is 33.6 Å². The van der Waals surface area contributed by atoms with Crippen LogP contribution in [0.5, 0.6) is 0 Å². The molecular weight excluding hydrogens is 294 g/mol. The third-order valence-electron chi connectivity index (χ3n) is 3.37. The number of thiazole rings is 1. The Bertz CT molecular complexity index is 819. The van der Waals surface area contributed by atoms with Gasteiger partial charge in [-0.05, 0) is 35.9 Å². The van der Waals surface area contributed by atoms with Crippen molar-refractivity contribution in [3.8, 4) is 21.9 Å². The fourth-order valence-electron chi connectivity index (χ4n) is 2.32. The molecule has 0 aliphatic carbocycles. The Morgan fingerprint density at radius 3 is 2.77 bits per heavy atom. The monoisotopic (exact) mass is 307 g/mol. The van der Waals surface area contributed by atoms with Crippen molar-refractivity contribution < 1.29 is 4.42 Å². The van der Waals surface area contributed by atoms with Crippen LogP contribution in [0.25, 0.3) is 21.9 Å². The van der Waals surface area contributed by atoms with E-state index in [-0.39, 0.29) is 0 Å². The second-order valence-corrected chi connectivity index (χ2v) is 5.79. The fraction of sp³-hybridized carbons (Fsp3) is 0.0588. The molecule has 4 heterocycles. The normalized spacial score (nSPS) is 13.7. The maximum absolute atomic E-state index is 5.56. The number of nitrogens with zero attached hydrogens (tertiary/aromatic N) is 3. The van der Waals surface area contributed by atoms with Gasteiger partial charge in [0.2, 0.25) is 0 Å². The second kappa shape index (κ2) is 5.61. The molecule has 0 fully saturated rings. The highest BCUT2D eigenvalue weighted by Gasteiger charge is 2.19. The Hall–Kier alpha value is -2.66. The first-order valence-corrected chi connectivity index (χ1v) is 7.78. The molecule has 1 aliphatic rings. The third-order valence-corrected chi connectivity index (χ3v) is 4.52. The fourth-order valence-corrected chi connectivity index (χ4v) is 3.39. The standard InChI is InChI=1S/C17H13N3OS/c1-2-10-20(11-3-1)17-19-15(14-5-4-12-21-14)16(22-17)13-6-8-18-9-7-13/h1-10,12H,11H2. The van der Waals surface area contributed by atoms with Gasteiger partial charge < -0.3 is 9.32 Å². The van der Waals surface area contributed by atoms with Gasteiger partial charge in [0.1, 0.15) is 5.69 Å². The molecule has 108 valence electrons. The molecule has 3 aromatic rings. The van der Waals surface area contributed by atoms with Crippen LogP contribution in [-0.4, -0.2) is 16.5 Å². The van der Waals surface area contributed by atoms with Gasteiger partial charge in [-0.15, -0.1) is 0 Å². The van der Waals surface area contributed by atoms with Gasteiger partial charge in [0.05, 0.1) is 11.1 Å². The highest BCUT2D eigenvalue weighted by molar-refractivity contribution is 7.19. The number of anilines is 1. The predicted molar refractivity (Wildman–Crippen MR) is 88.7 cm³/mol. The third kappa shape index (κ3) is 2.35. The quantitative estimate of drug-likeness (QED) is 0.721. The lowest BCUT2D eigenvalue weighted by Crippen LogP contribution is -2.16. The van der Waals surface area contributed by atoms with E-state index < -0.39 is 0 Å². The van der Waals surface area contributed by atoms with E-state index >= 15 is 0 Å². The van der Waals surface area contributed by atoms with E-state index in [2.05, 4.69) is 16.0 Å². The summed E-state index contributed by atoms with van der Waals surface area (Å²) >= 11 is 1.66. The molecule has 0 atom stereocenters. The van der Waals surface area contributed by atoms with E-state index in [9.17, 15) is 0 Å². The number of hydrogen-bond acceptors (Lipinski definition) is 5. The topological polar surface area (TPSA) is 42.2 Å². The average Bonchev–Trinajstić information content (AvgIpc) is 3.26. The van der Waals surface area contributed by atoms with Crippen molar-refractivity contribution in [2.24, 2.45) is 0 Å². The predicted octanol–water partition coefficient (Wildman–Crippen LogP) is 4.36. The molecule has 0 bridgehead atoms. The summed E-state index contributed by atoms with van der Waals surface area (Å²) in [5.41, 5.74) is 1.97. The van der Waals surface area contributed by atoms with Crippen LogP contribution in [0.3, 0.4) is 0 Å². The average molecular weight is 307 g/mol. The summed E-state index contributed by atoms with van der Waals surface area (Å²) in [6.07, 6.45) is 13.5. The van der Waals surface area contributed by atoms with E-state index in [0.29, 0.717) is 0 Å². The number of allylic oxidation sites excluding steroid dienone is 2. The zero-order chi connectivity index (χ0) is 14.8. The van der Waals surface area contributed by atoms with Gasteiger partial charge in [-0.1, -0.05) is 23.5 Å². The van der Waals surface area contributed by atoms with Crippen LogP contribution in [0.2, 0.25) is 0 Å². The lowest BCUT2D eigenvalue weighted by atomic mass is 10.2. The number of hydrogen-bond donors (Lipinski definition) is 0. The van der Waals surface area contributed by atoms with Crippen LogP contribution in [0, 0.1) is 0 Å². The van der Waals surface area contributed by atoms with Crippen LogP contribution < -0.4 is 4.90 Å². The first kappa shape index (κ1) is 13.0. The van der Waals surface area contributed by atoms with Gasteiger partial charge in [0.15, 0.2) is 10.9 Å². The molecule has 1 aliphatic heterocycles. The molecular formula is C17H13N3OS. The number of rotatable bonds is 3. The van der Waals surface area contributed by atoms with Gasteiger partial charge in [0.25, 0.3) is 0 Å². The van der Waals surface area contributed by atoms with Crippen LogP contribution in [0.4, 0.5) is 5.13 Å². The Labute approximate surface area is 132 Å². The molecule has 0 amide bonds. The summed E-state index contributed by atoms with van der Waals surface area (Å²) in [6, 6.07) is 7.81. The summed E-state index contributed by atoms with van der Waals surface area (Å²) in [6.45, 7) is 0.831. The summed E-state index contributed by atoms with van der Waals surface area (Å²) in [4.78, 5) is 12.1. The van der Waals surface area contributed by atoms with Crippen LogP contribution in [-0.2, 0) is 0 Å². The number of pyridine rings is 1. The molecule has 5 heteroatoms. The first-order valence-electron chi connectivity index (χ1n) is 6.97. The zero-order valence-electron chi connectivity index (χ0n) is 11.7. The minimum Gasteiger partial charge on any atom is -0.463 e. The molecule has 0 radical (unpaired) electrons. The summed E-state index contributed by atoms with van der Waals surface area (Å²) in [5.74, 6) is 0.783. The zero-order valence-corrected chi connectivity index (χ0v) is 12.5. The van der Waals surface area contributed by atoms with Gasteiger partial charge in [0, 0.05) is 25.1 Å². The molecule has 0 spiro atoms. The SMILES string of the molecule is C1=CCN(c2nc(-c3ccco3)c(-c3ccncc3)s2)C=C1. The maximum atomic E-state index is 5.56. The molecule has 3 aromatic heterocycles. The van der Waals surface area contributed by atoms with Crippen molar-refractivity contribution in [2.75, 3.05) is 11.4 Å². The van der Waals surface area contributed by atoms with Crippen molar-refractivity contribution in [1.29, 1.82) is 0 Å². The van der Waals surface area contributed by atoms with Gasteiger partial charge in [-0.3, -0.25) is 4.98 Å². The van der Waals surface area contributed by atoms with E-state index in [1.54, 1.807) is 30.0 Å². The molecule has 0 saturated heterocycles. The van der Waals surface area contributed by atoms with E-state index in [1.807, 2.05) is 42.6 Å². The Morgan fingerprint density at radius 1 is 1.14 bits per heavy atom. The van der Waals surface area contributed by atoms with E-state index in [4.69, 9.17) is 9.40 Å². The first-order chi connectivity index (χ1) is 10.9. The summed E-state index contributed by atoms with van der Waals surface area (Å²) in [5, 5.41) is 0.957. The smallest absolute Gasteiger partial charge is 0.190 e. The highest BCUT2D eigenvalue weighted by Crippen LogP contribution is 2.40. The van der Waals surface area contributed by atoms with Crippen molar-refractivity contribution in [3.63, 3.8) is 0 Å². The van der Waals surface area contributed by atoms with Gasteiger partial charge in [-0.25, -0.2) is 4.98 Å². The van der Waals surface area contributed by atoms with Crippen molar-refractivity contribution in [2.45, 2.75) is 0 Å². The second-order valence-electron chi connectivity index (χ2n) is 4.81. The lowest BCUT2D eigenvalue weighted by Gasteiger charge is -2.16. The van der Waals surface area contributed by atoms with Crippen molar-refractivity contribution in [3.05, 3.63) is 67.4 Å². The van der Waals surface area contributed by atoms with Crippen molar-refractivity contribution in [1.82, 2.24) is 9.97 Å². The van der Waals surface area contributed by atoms with Crippen LogP contribution in [0.1, 0.15) is 0 Å². The number of aromatic nitrogens is 2. The summed E-state index contributed by atoms with van der Waals surface area (Å²) < 4.78 is 5.56. The Balaban J connectivity index is 1.83. The maximum Gasteiger partial charge on any atom is 0.190 e. The van der Waals surface area contributed by atoms with Gasteiger partial charge >= 0.3 is 0 Å².